The molecule has 0 saturated carbocycles. The summed E-state index contributed by atoms with van der Waals surface area (Å²) >= 11 is 1.68. The van der Waals surface area contributed by atoms with Crippen molar-refractivity contribution in [3.63, 3.8) is 0 Å². The van der Waals surface area contributed by atoms with Gasteiger partial charge >= 0.3 is 34.4 Å². The summed E-state index contributed by atoms with van der Waals surface area (Å²) in [7, 11) is -10.7. The molecule has 0 atom stereocenters. The molecule has 0 unspecified atom stereocenters. The maximum atomic E-state index is 9.87. The Morgan fingerprint density at radius 2 is 1.50 bits per heavy atom. The molecule has 0 fully saturated rings. The molecule has 2 aromatic rings. The Hall–Kier alpha value is -0.880. The Morgan fingerprint density at radius 3 is 2.00 bits per heavy atom. The first-order valence-corrected chi connectivity index (χ1v) is 6.67. The van der Waals surface area contributed by atoms with Gasteiger partial charge in [0.25, 0.3) is 0 Å². The van der Waals surface area contributed by atoms with Crippen LogP contribution in [0.15, 0.2) is 29.8 Å². The maximum absolute atomic E-state index is 10.7. The Morgan fingerprint density at radius 1 is 1.00 bits per heavy atom. The van der Waals surface area contributed by atoms with Crippen LogP contribution >= 0.6 is 19.1 Å². The van der Waals surface area contributed by atoms with Crippen molar-refractivity contribution in [3.05, 3.63) is 29.8 Å². The van der Waals surface area contributed by atoms with Crippen LogP contribution in [0, 0.1) is 0 Å². The quantitative estimate of drug-likeness (QED) is 0.440. The van der Waals surface area contributed by atoms with Crippen molar-refractivity contribution in [1.82, 2.24) is 4.98 Å². The predicted molar refractivity (Wildman–Crippen MR) is 54.3 cm³/mol. The minimum absolute atomic E-state index is 0. The number of hydrogen-bond donors (Lipinski definition) is 0. The number of para-hydroxylation sites is 1. The van der Waals surface area contributed by atoms with Crippen molar-refractivity contribution in [2.45, 2.75) is 0 Å². The fourth-order valence-electron chi connectivity index (χ4n) is 0.803. The molecule has 0 bridgehead atoms. The van der Waals surface area contributed by atoms with Gasteiger partial charge in [0.1, 0.15) is 0 Å². The fourth-order valence-corrected chi connectivity index (χ4v) is 1.48. The monoisotopic (exact) mass is 281 g/mol. The van der Waals surface area contributed by atoms with E-state index in [0.29, 0.717) is 0 Å². The van der Waals surface area contributed by atoms with Gasteiger partial charge in [0.05, 0.1) is 15.7 Å². The van der Waals surface area contributed by atoms with Gasteiger partial charge in [0, 0.05) is 0 Å². The zero-order chi connectivity index (χ0) is 12.5. The zero-order valence-corrected chi connectivity index (χ0v) is 9.17. The topological polar surface area (TPSA) is 12.9 Å². The predicted octanol–water partition coefficient (Wildman–Crippen LogP) is 5.79. The van der Waals surface area contributed by atoms with Crippen LogP contribution in [0.4, 0.5) is 25.2 Å². The molecule has 0 saturated heterocycles. The second-order valence-corrected chi connectivity index (χ2v) is 5.58. The minimum atomic E-state index is -10.7. The molecule has 0 spiro atoms. The van der Waals surface area contributed by atoms with E-state index in [-0.39, 0.29) is 1.43 Å². The van der Waals surface area contributed by atoms with Gasteiger partial charge in [-0.1, -0.05) is 12.1 Å². The van der Waals surface area contributed by atoms with Crippen LogP contribution in [0.2, 0.25) is 0 Å². The smallest absolute Gasteiger partial charge is 0.245 e. The summed E-state index contributed by atoms with van der Waals surface area (Å²) in [6.07, 6.45) is 0. The number of thiazole rings is 1. The number of rotatable bonds is 0. The summed E-state index contributed by atoms with van der Waals surface area (Å²) in [6, 6.07) is 8.13. The van der Waals surface area contributed by atoms with Crippen molar-refractivity contribution >= 4 is 29.4 Å². The molecule has 2 rings (SSSR count). The molecule has 1 aromatic heterocycles. The molecule has 1 nitrogen and oxygen atoms in total. The zero-order valence-electron chi connectivity index (χ0n) is 8.46. The number of hydrogen-bond acceptors (Lipinski definition) is 2. The Bertz CT molecular complexity index is 453. The van der Waals surface area contributed by atoms with Crippen molar-refractivity contribution in [3.8, 4) is 0 Å². The summed E-state index contributed by atoms with van der Waals surface area (Å²) in [5.74, 6) is 0. The minimum Gasteiger partial charge on any atom is -0.245 e. The molecular formula is C7H6F6NPS. The van der Waals surface area contributed by atoms with E-state index in [2.05, 4.69) is 11.1 Å². The van der Waals surface area contributed by atoms with Crippen molar-refractivity contribution < 1.29 is 26.6 Å². The number of halogens is 6. The van der Waals surface area contributed by atoms with Crippen LogP contribution in [-0.2, 0) is 0 Å². The summed E-state index contributed by atoms with van der Waals surface area (Å²) in [6.45, 7) is 0. The van der Waals surface area contributed by atoms with Crippen LogP contribution in [0.25, 0.3) is 10.2 Å². The first-order chi connectivity index (χ1) is 6.92. The van der Waals surface area contributed by atoms with E-state index in [1.165, 1.54) is 4.70 Å². The van der Waals surface area contributed by atoms with E-state index < -0.39 is 7.81 Å². The molecular weight excluding hydrogens is 275 g/mol. The average Bonchev–Trinajstić information content (AvgIpc) is 2.44. The van der Waals surface area contributed by atoms with Crippen molar-refractivity contribution in [2.24, 2.45) is 0 Å². The molecule has 1 aromatic carbocycles. The Kier molecular flexibility index (Phi) is 2.72. The standard InChI is InChI=1S/C7H5NS.F6P/c1-2-4-7-6(3-1)8-5-9-7;1-7(2,3,4,5)6/h1-5H;/q;-1/p+1. The number of aromatic nitrogens is 1. The summed E-state index contributed by atoms with van der Waals surface area (Å²) in [5.41, 5.74) is 2.97. The van der Waals surface area contributed by atoms with Gasteiger partial charge in [-0.25, -0.2) is 4.98 Å². The van der Waals surface area contributed by atoms with Gasteiger partial charge in [-0.2, -0.15) is 0 Å². The third-order valence-electron chi connectivity index (χ3n) is 1.24. The summed E-state index contributed by atoms with van der Waals surface area (Å²) in [5, 5.41) is 0. The summed E-state index contributed by atoms with van der Waals surface area (Å²) < 4.78 is 60.5. The van der Waals surface area contributed by atoms with Gasteiger partial charge in [-0.05, 0) is 12.1 Å². The van der Waals surface area contributed by atoms with Gasteiger partial charge in [0.2, 0.25) is 0 Å². The van der Waals surface area contributed by atoms with Crippen LogP contribution in [-0.4, -0.2) is 4.98 Å². The third kappa shape index (κ3) is 7.42. The van der Waals surface area contributed by atoms with Crippen molar-refractivity contribution in [1.29, 1.82) is 0 Å². The normalized spacial score (nSPS) is 15.9. The molecule has 1 heterocycles. The average molecular weight is 281 g/mol. The summed E-state index contributed by atoms with van der Waals surface area (Å²) in [4.78, 5) is 4.14. The van der Waals surface area contributed by atoms with E-state index in [0.717, 1.165) is 5.52 Å². The van der Waals surface area contributed by atoms with Gasteiger partial charge in [-0.15, -0.1) is 11.3 Å². The molecule has 0 aliphatic heterocycles. The van der Waals surface area contributed by atoms with Crippen LogP contribution in [0.5, 0.6) is 0 Å². The van der Waals surface area contributed by atoms with Crippen LogP contribution in [0.3, 0.4) is 0 Å². The molecule has 9 heteroatoms. The Labute approximate surface area is 91.4 Å². The first-order valence-electron chi connectivity index (χ1n) is 3.76. The molecule has 0 aliphatic rings. The maximum Gasteiger partial charge on any atom is 1.00 e. The first kappa shape index (κ1) is 13.2. The van der Waals surface area contributed by atoms with E-state index in [9.17, 15) is 25.2 Å². The third-order valence-corrected chi connectivity index (χ3v) is 2.05. The second-order valence-electron chi connectivity index (χ2n) is 2.78. The molecule has 0 aliphatic carbocycles. The van der Waals surface area contributed by atoms with Crippen molar-refractivity contribution in [2.75, 3.05) is 0 Å². The number of fused-ring (bicyclic) bond motifs is 1. The van der Waals surface area contributed by atoms with E-state index in [1.54, 1.807) is 11.3 Å². The largest absolute Gasteiger partial charge is 1.00 e. The molecule has 0 N–H and O–H groups in total. The van der Waals surface area contributed by atoms with Gasteiger partial charge in [-0.3, -0.25) is 0 Å². The van der Waals surface area contributed by atoms with Gasteiger partial charge < -0.3 is 0 Å². The van der Waals surface area contributed by atoms with Crippen LogP contribution in [0.1, 0.15) is 1.43 Å². The van der Waals surface area contributed by atoms with E-state index in [4.69, 9.17) is 0 Å². The number of benzene rings is 1. The van der Waals surface area contributed by atoms with Crippen LogP contribution < -0.4 is 0 Å². The molecule has 92 valence electrons. The van der Waals surface area contributed by atoms with E-state index >= 15 is 0 Å². The molecule has 0 radical (unpaired) electrons. The number of nitrogens with zero attached hydrogens (tertiary/aromatic N) is 1. The second kappa shape index (κ2) is 3.30. The van der Waals surface area contributed by atoms with Gasteiger partial charge in [0.15, 0.2) is 0 Å². The Balaban J connectivity index is 0.000000296. The van der Waals surface area contributed by atoms with E-state index in [1.807, 2.05) is 23.7 Å². The molecule has 0 amide bonds. The fraction of sp³-hybridized carbons (Fsp3) is 0. The SMILES string of the molecule is F[P-](F)(F)(F)(F)F.[H+].c1ccc2scnc2c1. The molecule has 16 heavy (non-hydrogen) atoms.